The van der Waals surface area contributed by atoms with Crippen LogP contribution in [-0.2, 0) is 14.2 Å². The van der Waals surface area contributed by atoms with Gasteiger partial charge in [0.1, 0.15) is 12.2 Å². The Hall–Kier alpha value is -0.790. The smallest absolute Gasteiger partial charge is 0.388 e. The minimum absolute atomic E-state index is 0.249. The molecule has 144 valence electrons. The van der Waals surface area contributed by atoms with Crippen LogP contribution in [0.15, 0.2) is 0 Å². The third kappa shape index (κ3) is 4.24. The molecule has 1 aliphatic rings. The van der Waals surface area contributed by atoms with Crippen molar-refractivity contribution >= 4 is 0 Å². The maximum absolute atomic E-state index is 13.4. The zero-order valence-corrected chi connectivity index (χ0v) is 11.9. The van der Waals surface area contributed by atoms with Crippen molar-refractivity contribution < 1.29 is 58.8 Å². The highest BCUT2D eigenvalue weighted by molar-refractivity contribution is 5.01. The highest BCUT2D eigenvalue weighted by Gasteiger charge is 2.81. The average molecular weight is 380 g/mol. The summed E-state index contributed by atoms with van der Waals surface area (Å²) in [7, 11) is 0.822. The van der Waals surface area contributed by atoms with Gasteiger partial charge in [-0.1, -0.05) is 0 Å². The Morgan fingerprint density at radius 2 is 1.54 bits per heavy atom. The summed E-state index contributed by atoms with van der Waals surface area (Å²) in [6, 6.07) is 0. The molecule has 3 unspecified atom stereocenters. The average Bonchev–Trinajstić information content (AvgIpc) is 3.21. The first-order chi connectivity index (χ1) is 10.7. The molecule has 0 aliphatic carbocycles. The van der Waals surface area contributed by atoms with Crippen LogP contribution < -0.4 is 0 Å². The number of hydrogen-bond acceptors (Lipinski definition) is 4. The van der Waals surface area contributed by atoms with Gasteiger partial charge in [0.25, 0.3) is 0 Å². The fraction of sp³-hybridized carbons (Fsp3) is 1.00. The van der Waals surface area contributed by atoms with Crippen LogP contribution in [-0.4, -0.2) is 67.9 Å². The Labute approximate surface area is 129 Å². The number of aliphatic hydroxyl groups is 1. The van der Waals surface area contributed by atoms with Gasteiger partial charge in [-0.15, -0.1) is 0 Å². The van der Waals surface area contributed by atoms with E-state index < -0.39 is 48.9 Å². The molecule has 0 spiro atoms. The Morgan fingerprint density at radius 1 is 1.04 bits per heavy atom. The molecular weight excluding hydrogens is 367 g/mol. The van der Waals surface area contributed by atoms with Gasteiger partial charge in [0.2, 0.25) is 0 Å². The number of rotatable bonds is 9. The predicted molar refractivity (Wildman–Crippen MR) is 58.0 cm³/mol. The van der Waals surface area contributed by atoms with Gasteiger partial charge in [-0.25, -0.2) is 0 Å². The highest BCUT2D eigenvalue weighted by atomic mass is 19.4. The van der Waals surface area contributed by atoms with E-state index in [9.17, 15) is 44.6 Å². The molecule has 1 aliphatic heterocycles. The number of epoxide rings is 1. The maximum atomic E-state index is 13.4. The van der Waals surface area contributed by atoms with Crippen molar-refractivity contribution in [1.82, 2.24) is 0 Å². The quantitative estimate of drug-likeness (QED) is 0.380. The van der Waals surface area contributed by atoms with Crippen molar-refractivity contribution in [2.75, 3.05) is 20.3 Å². The number of methoxy groups -OCH3 is 1. The second kappa shape index (κ2) is 6.84. The van der Waals surface area contributed by atoms with Crippen molar-refractivity contribution in [3.05, 3.63) is 0 Å². The van der Waals surface area contributed by atoms with Gasteiger partial charge in [-0.05, 0) is 0 Å². The van der Waals surface area contributed by atoms with Gasteiger partial charge in [-0.2, -0.15) is 39.5 Å². The number of ether oxygens (including phenoxy) is 3. The predicted octanol–water partition coefficient (Wildman–Crippen LogP) is 2.59. The van der Waals surface area contributed by atoms with Crippen LogP contribution in [0.2, 0.25) is 0 Å². The van der Waals surface area contributed by atoms with E-state index in [4.69, 9.17) is 4.74 Å². The van der Waals surface area contributed by atoms with Gasteiger partial charge >= 0.3 is 23.9 Å². The maximum Gasteiger partial charge on any atom is 0.460 e. The lowest BCUT2D eigenvalue weighted by Gasteiger charge is -2.35. The second-order valence-electron chi connectivity index (χ2n) is 5.02. The summed E-state index contributed by atoms with van der Waals surface area (Å²) in [6.45, 7) is -0.0329. The van der Waals surface area contributed by atoms with Crippen molar-refractivity contribution in [1.29, 1.82) is 0 Å². The van der Waals surface area contributed by atoms with Gasteiger partial charge in [0, 0.05) is 13.5 Å². The summed E-state index contributed by atoms with van der Waals surface area (Å²) >= 11 is 0. The standard InChI is InChI=1S/C11H13F9O4/c1-22-7(24-4-5-3-23-5)6(21)2-8(12,13)9(14,15)10(16,17)11(18,19)20/h5-7,21H,2-4H2,1H3. The lowest BCUT2D eigenvalue weighted by molar-refractivity contribution is -0.399. The summed E-state index contributed by atoms with van der Waals surface area (Å²) < 4.78 is 128. The summed E-state index contributed by atoms with van der Waals surface area (Å²) in [5, 5.41) is 9.38. The Bertz CT molecular complexity index is 422. The van der Waals surface area contributed by atoms with E-state index in [1.54, 1.807) is 0 Å². The van der Waals surface area contributed by atoms with Crippen LogP contribution in [0.25, 0.3) is 0 Å². The number of halogens is 9. The molecular formula is C11H13F9O4. The van der Waals surface area contributed by atoms with Crippen LogP contribution >= 0.6 is 0 Å². The second-order valence-corrected chi connectivity index (χ2v) is 5.02. The SMILES string of the molecule is COC(OCC1CO1)C(O)CC(F)(F)C(F)(F)C(F)(F)C(F)(F)F. The molecule has 0 radical (unpaired) electrons. The molecule has 13 heteroatoms. The zero-order chi connectivity index (χ0) is 19.0. The van der Waals surface area contributed by atoms with Crippen molar-refractivity contribution in [3.63, 3.8) is 0 Å². The molecule has 24 heavy (non-hydrogen) atoms. The summed E-state index contributed by atoms with van der Waals surface area (Å²) in [5.74, 6) is -19.7. The van der Waals surface area contributed by atoms with E-state index >= 15 is 0 Å². The van der Waals surface area contributed by atoms with Gasteiger partial charge < -0.3 is 19.3 Å². The van der Waals surface area contributed by atoms with Gasteiger partial charge in [0.15, 0.2) is 6.29 Å². The Morgan fingerprint density at radius 3 is 1.92 bits per heavy atom. The first-order valence-corrected chi connectivity index (χ1v) is 6.31. The summed E-state index contributed by atoms with van der Waals surface area (Å²) in [6.07, 6.45) is -14.3. The molecule has 1 heterocycles. The van der Waals surface area contributed by atoms with E-state index in [1.807, 2.05) is 0 Å². The van der Waals surface area contributed by atoms with Crippen LogP contribution in [0.1, 0.15) is 6.42 Å². The first kappa shape index (κ1) is 21.3. The van der Waals surface area contributed by atoms with E-state index in [-0.39, 0.29) is 13.2 Å². The fourth-order valence-electron chi connectivity index (χ4n) is 1.60. The highest BCUT2D eigenvalue weighted by Crippen LogP contribution is 2.54. The lowest BCUT2D eigenvalue weighted by Crippen LogP contribution is -2.61. The van der Waals surface area contributed by atoms with E-state index in [0.717, 1.165) is 7.11 Å². The molecule has 0 bridgehead atoms. The van der Waals surface area contributed by atoms with Crippen LogP contribution in [0, 0.1) is 0 Å². The van der Waals surface area contributed by atoms with E-state index in [2.05, 4.69) is 9.47 Å². The van der Waals surface area contributed by atoms with Gasteiger partial charge in [-0.3, -0.25) is 0 Å². The number of hydrogen-bond donors (Lipinski definition) is 1. The fourth-order valence-corrected chi connectivity index (χ4v) is 1.60. The molecule has 1 fully saturated rings. The molecule has 3 atom stereocenters. The van der Waals surface area contributed by atoms with E-state index in [0.29, 0.717) is 0 Å². The molecule has 0 saturated carbocycles. The molecule has 1 N–H and O–H groups in total. The van der Waals surface area contributed by atoms with Crippen LogP contribution in [0.3, 0.4) is 0 Å². The normalized spacial score (nSPS) is 22.4. The molecule has 4 nitrogen and oxygen atoms in total. The number of alkyl halides is 9. The topological polar surface area (TPSA) is 51.2 Å². The molecule has 0 amide bonds. The third-order valence-electron chi connectivity index (χ3n) is 3.07. The van der Waals surface area contributed by atoms with Crippen LogP contribution in [0.4, 0.5) is 39.5 Å². The van der Waals surface area contributed by atoms with Crippen molar-refractivity contribution in [2.24, 2.45) is 0 Å². The molecule has 0 aromatic heterocycles. The largest absolute Gasteiger partial charge is 0.460 e. The monoisotopic (exact) mass is 380 g/mol. The molecule has 1 rings (SSSR count). The number of aliphatic hydroxyl groups excluding tert-OH is 1. The summed E-state index contributed by atoms with van der Waals surface area (Å²) in [4.78, 5) is 0. The zero-order valence-electron chi connectivity index (χ0n) is 11.9. The first-order valence-electron chi connectivity index (χ1n) is 6.31. The Balaban J connectivity index is 2.84. The van der Waals surface area contributed by atoms with E-state index in [1.165, 1.54) is 0 Å². The minimum Gasteiger partial charge on any atom is -0.388 e. The summed E-state index contributed by atoms with van der Waals surface area (Å²) in [5.41, 5.74) is 0. The molecule has 0 aromatic rings. The Kier molecular flexibility index (Phi) is 6.06. The van der Waals surface area contributed by atoms with Crippen molar-refractivity contribution in [3.8, 4) is 0 Å². The van der Waals surface area contributed by atoms with Gasteiger partial charge in [0.05, 0.1) is 13.2 Å². The third-order valence-corrected chi connectivity index (χ3v) is 3.07. The van der Waals surface area contributed by atoms with Crippen LogP contribution in [0.5, 0.6) is 0 Å². The minimum atomic E-state index is -7.01. The van der Waals surface area contributed by atoms with Crippen molar-refractivity contribution in [2.45, 2.75) is 48.9 Å². The lowest BCUT2D eigenvalue weighted by atomic mass is 9.98. The molecule has 0 aromatic carbocycles. The molecule has 1 saturated heterocycles.